The fourth-order valence-corrected chi connectivity index (χ4v) is 8.75. The monoisotopic (exact) mass is 610 g/mol. The van der Waals surface area contributed by atoms with Crippen molar-refractivity contribution in [2.75, 3.05) is 26.7 Å². The molecule has 5 aliphatic rings. The smallest absolute Gasteiger partial charge is 0.416 e. The van der Waals surface area contributed by atoms with Crippen LogP contribution in [0.5, 0.6) is 11.5 Å². The van der Waals surface area contributed by atoms with E-state index in [1.807, 2.05) is 11.0 Å². The van der Waals surface area contributed by atoms with Crippen molar-refractivity contribution in [3.05, 3.63) is 64.7 Å². The molecule has 2 unspecified atom stereocenters. The molecule has 0 radical (unpaired) electrons. The molecule has 1 saturated heterocycles. The standard InChI is InChI=1S/C35H41F3N2O4/c1-21(2)19-40(29(41)13-8-22-6-10-25(11-7-22)35(36,37)38)26-14-15-34(42)28-18-24-9-12-27(43-3)31-30(24)33(34,32(26)44-31)16-17-39(28)20-23-4-5-23/h6-13,21,23,26,28,32,42H,4-5,14-20H2,1-3H3/b13-8+/t26?,28-,32?,33+,34-/m1/s1. The van der Waals surface area contributed by atoms with Gasteiger partial charge in [0.15, 0.2) is 11.5 Å². The van der Waals surface area contributed by atoms with Crippen molar-refractivity contribution in [1.29, 1.82) is 0 Å². The molecule has 1 amide bonds. The van der Waals surface area contributed by atoms with E-state index < -0.39 is 28.9 Å². The number of ether oxygens (including phenoxy) is 2. The quantitative estimate of drug-likeness (QED) is 0.381. The number of piperidine rings is 1. The second-order valence-electron chi connectivity index (χ2n) is 13.9. The lowest BCUT2D eigenvalue weighted by molar-refractivity contribution is -0.201. The van der Waals surface area contributed by atoms with Gasteiger partial charge in [-0.15, -0.1) is 0 Å². The average Bonchev–Trinajstić information content (AvgIpc) is 3.73. The van der Waals surface area contributed by atoms with Gasteiger partial charge in [-0.1, -0.05) is 32.0 Å². The van der Waals surface area contributed by atoms with Crippen molar-refractivity contribution in [2.24, 2.45) is 11.8 Å². The average molecular weight is 611 g/mol. The first-order chi connectivity index (χ1) is 21.0. The maximum atomic E-state index is 14.0. The van der Waals surface area contributed by atoms with Gasteiger partial charge in [0.2, 0.25) is 5.91 Å². The number of aliphatic hydroxyl groups is 1. The number of halogens is 3. The van der Waals surface area contributed by atoms with Crippen molar-refractivity contribution in [3.8, 4) is 11.5 Å². The van der Waals surface area contributed by atoms with Crippen LogP contribution in [-0.4, -0.2) is 71.3 Å². The van der Waals surface area contributed by atoms with Gasteiger partial charge in [0, 0.05) is 30.8 Å². The van der Waals surface area contributed by atoms with Gasteiger partial charge in [-0.3, -0.25) is 9.69 Å². The summed E-state index contributed by atoms with van der Waals surface area (Å²) in [6, 6.07) is 8.60. The summed E-state index contributed by atoms with van der Waals surface area (Å²) in [5, 5.41) is 12.9. The topological polar surface area (TPSA) is 62.2 Å². The van der Waals surface area contributed by atoms with Crippen molar-refractivity contribution >= 4 is 12.0 Å². The number of hydrogen-bond acceptors (Lipinski definition) is 5. The highest BCUT2D eigenvalue weighted by molar-refractivity contribution is 5.92. The predicted molar refractivity (Wildman–Crippen MR) is 160 cm³/mol. The van der Waals surface area contributed by atoms with Crippen LogP contribution in [-0.2, 0) is 22.8 Å². The van der Waals surface area contributed by atoms with E-state index in [-0.39, 0.29) is 23.9 Å². The maximum Gasteiger partial charge on any atom is 0.416 e. The second kappa shape index (κ2) is 10.5. The number of carbonyl (C=O) groups is 1. The van der Waals surface area contributed by atoms with E-state index in [4.69, 9.17) is 9.47 Å². The van der Waals surface area contributed by atoms with Crippen molar-refractivity contribution in [1.82, 2.24) is 9.80 Å². The van der Waals surface area contributed by atoms with Crippen LogP contribution in [0.4, 0.5) is 13.2 Å². The highest BCUT2D eigenvalue weighted by Gasteiger charge is 2.73. The summed E-state index contributed by atoms with van der Waals surface area (Å²) in [7, 11) is 1.63. The van der Waals surface area contributed by atoms with E-state index in [9.17, 15) is 23.1 Å². The van der Waals surface area contributed by atoms with E-state index in [0.717, 1.165) is 43.6 Å². The number of rotatable bonds is 8. The Morgan fingerprint density at radius 3 is 2.57 bits per heavy atom. The Labute approximate surface area is 256 Å². The Hall–Kier alpha value is -3.04. The maximum absolute atomic E-state index is 14.0. The van der Waals surface area contributed by atoms with E-state index in [1.165, 1.54) is 36.6 Å². The Morgan fingerprint density at radius 2 is 1.91 bits per heavy atom. The van der Waals surface area contributed by atoms with Gasteiger partial charge in [-0.25, -0.2) is 0 Å². The summed E-state index contributed by atoms with van der Waals surface area (Å²) in [4.78, 5) is 18.4. The van der Waals surface area contributed by atoms with Gasteiger partial charge in [-0.2, -0.15) is 13.2 Å². The number of amides is 1. The molecule has 44 heavy (non-hydrogen) atoms. The van der Waals surface area contributed by atoms with Crippen LogP contribution in [0.2, 0.25) is 0 Å². The zero-order chi connectivity index (χ0) is 31.0. The fourth-order valence-electron chi connectivity index (χ4n) is 8.75. The number of hydrogen-bond donors (Lipinski definition) is 1. The van der Waals surface area contributed by atoms with Crippen molar-refractivity contribution in [3.63, 3.8) is 0 Å². The number of benzene rings is 2. The SMILES string of the molecule is COc1ccc2c3c1OC1C(N(CC(C)C)C(=O)/C=C/c4ccc(C(F)(F)F)cc4)CC[C@@]4(O)[C@@H](C2)N(CC2CC2)CC[C@]314. The first-order valence-corrected chi connectivity index (χ1v) is 16.0. The molecule has 2 aromatic rings. The Balaban J connectivity index is 1.25. The zero-order valence-electron chi connectivity index (χ0n) is 25.6. The van der Waals surface area contributed by atoms with Crippen molar-refractivity contribution < 1.29 is 32.5 Å². The molecule has 1 N–H and O–H groups in total. The molecule has 2 saturated carbocycles. The van der Waals surface area contributed by atoms with Gasteiger partial charge >= 0.3 is 6.18 Å². The zero-order valence-corrected chi connectivity index (χ0v) is 25.6. The molecular weight excluding hydrogens is 569 g/mol. The molecule has 9 heteroatoms. The van der Waals surface area contributed by atoms with Crippen LogP contribution in [0, 0.1) is 11.8 Å². The normalized spacial score (nSPS) is 30.8. The molecule has 3 fully saturated rings. The minimum Gasteiger partial charge on any atom is -0.493 e. The summed E-state index contributed by atoms with van der Waals surface area (Å²) < 4.78 is 51.8. The minimum atomic E-state index is -4.41. The minimum absolute atomic E-state index is 0.00967. The fraction of sp³-hybridized carbons (Fsp3) is 0.571. The third kappa shape index (κ3) is 4.56. The van der Waals surface area contributed by atoms with Crippen LogP contribution in [0.3, 0.4) is 0 Å². The van der Waals surface area contributed by atoms with Crippen LogP contribution in [0.15, 0.2) is 42.5 Å². The summed E-state index contributed by atoms with van der Waals surface area (Å²) in [5.41, 5.74) is 0.401. The largest absolute Gasteiger partial charge is 0.493 e. The lowest BCUT2D eigenvalue weighted by atomic mass is 9.48. The molecule has 2 aromatic carbocycles. The van der Waals surface area contributed by atoms with E-state index >= 15 is 0 Å². The molecule has 6 nitrogen and oxygen atoms in total. The molecule has 5 atom stereocenters. The number of nitrogens with zero attached hydrogens (tertiary/aromatic N) is 2. The van der Waals surface area contributed by atoms with Crippen LogP contribution in [0.1, 0.15) is 68.2 Å². The molecule has 1 spiro atoms. The van der Waals surface area contributed by atoms with Gasteiger partial charge in [-0.05, 0) is 92.3 Å². The Morgan fingerprint density at radius 1 is 1.16 bits per heavy atom. The van der Waals surface area contributed by atoms with Crippen molar-refractivity contribution in [2.45, 2.75) is 87.8 Å². The molecule has 2 aliphatic heterocycles. The van der Waals surface area contributed by atoms with E-state index in [2.05, 4.69) is 24.8 Å². The summed E-state index contributed by atoms with van der Waals surface area (Å²) in [6.45, 7) is 6.51. The lowest BCUT2D eigenvalue weighted by Crippen LogP contribution is -2.78. The number of methoxy groups -OCH3 is 1. The molecule has 236 valence electrons. The first kappa shape index (κ1) is 29.7. The molecule has 2 heterocycles. The van der Waals surface area contributed by atoms with E-state index in [1.54, 1.807) is 13.2 Å². The van der Waals surface area contributed by atoms with Gasteiger partial charge < -0.3 is 19.5 Å². The van der Waals surface area contributed by atoms with Crippen LogP contribution >= 0.6 is 0 Å². The summed E-state index contributed by atoms with van der Waals surface area (Å²) in [5.74, 6) is 2.02. The summed E-state index contributed by atoms with van der Waals surface area (Å²) >= 11 is 0. The second-order valence-corrected chi connectivity index (χ2v) is 13.9. The number of likely N-dealkylation sites (tertiary alicyclic amines) is 1. The first-order valence-electron chi connectivity index (χ1n) is 16.0. The van der Waals surface area contributed by atoms with Gasteiger partial charge in [0.1, 0.15) is 6.10 Å². The third-order valence-electron chi connectivity index (χ3n) is 10.8. The lowest BCUT2D eigenvalue weighted by Gasteiger charge is -2.65. The highest BCUT2D eigenvalue weighted by Crippen LogP contribution is 2.66. The molecule has 3 aliphatic carbocycles. The molecule has 0 aromatic heterocycles. The van der Waals surface area contributed by atoms with Crippen LogP contribution in [0.25, 0.3) is 6.08 Å². The highest BCUT2D eigenvalue weighted by atomic mass is 19.4. The molecule has 7 rings (SSSR count). The molecule has 2 bridgehead atoms. The van der Waals surface area contributed by atoms with Gasteiger partial charge in [0.25, 0.3) is 0 Å². The predicted octanol–water partition coefficient (Wildman–Crippen LogP) is 5.84. The Bertz CT molecular complexity index is 1470. The Kier molecular flexibility index (Phi) is 7.09. The van der Waals surface area contributed by atoms with Gasteiger partial charge in [0.05, 0.1) is 29.7 Å². The molecular formula is C35H41F3N2O4. The van der Waals surface area contributed by atoms with Crippen LogP contribution < -0.4 is 9.47 Å². The number of alkyl halides is 3. The van der Waals surface area contributed by atoms with E-state index in [0.29, 0.717) is 42.4 Å². The third-order valence-corrected chi connectivity index (χ3v) is 10.8. The number of carbonyl (C=O) groups excluding carboxylic acids is 1. The summed E-state index contributed by atoms with van der Waals surface area (Å²) in [6.07, 6.45) is 3.34.